The molecule has 4 aliphatic rings. The quantitative estimate of drug-likeness (QED) is 0.487. The highest BCUT2D eigenvalue weighted by molar-refractivity contribution is 5.17. The Balaban J connectivity index is 0.000000970. The van der Waals surface area contributed by atoms with Gasteiger partial charge in [-0.05, 0) is 96.7 Å². The van der Waals surface area contributed by atoms with Gasteiger partial charge in [-0.1, -0.05) is 75.7 Å². The average molecular weight is 407 g/mol. The fourth-order valence-corrected chi connectivity index (χ4v) is 9.76. The van der Waals surface area contributed by atoms with E-state index in [9.17, 15) is 5.11 Å². The van der Waals surface area contributed by atoms with E-state index in [0.717, 1.165) is 24.2 Å². The van der Waals surface area contributed by atoms with Gasteiger partial charge in [0, 0.05) is 0 Å². The van der Waals surface area contributed by atoms with Gasteiger partial charge in [0.05, 0.1) is 6.10 Å². The Bertz CT molecular complexity index is 551. The van der Waals surface area contributed by atoms with Gasteiger partial charge in [0.25, 0.3) is 0 Å². The molecule has 4 aliphatic carbocycles. The fraction of sp³-hybridized carbons (Fsp3) is 1.00. The van der Waals surface area contributed by atoms with E-state index in [-0.39, 0.29) is 13.5 Å². The number of aliphatic hydroxyl groups excluding tert-OH is 1. The molecular formula is C28H54O. The summed E-state index contributed by atoms with van der Waals surface area (Å²) in [6.45, 7) is 19.3. The average Bonchev–Trinajstić information content (AvgIpc) is 3.01. The highest BCUT2D eigenvalue weighted by Gasteiger charge is 2.68. The molecule has 0 amide bonds. The third-order valence-electron chi connectivity index (χ3n) is 11.7. The van der Waals surface area contributed by atoms with Crippen LogP contribution < -0.4 is 0 Å². The summed E-state index contributed by atoms with van der Waals surface area (Å²) in [7, 11) is 0. The van der Waals surface area contributed by atoms with Crippen LogP contribution in [0.3, 0.4) is 0 Å². The molecule has 4 saturated carbocycles. The second kappa shape index (κ2) is 8.48. The summed E-state index contributed by atoms with van der Waals surface area (Å²) in [5.74, 6) is 3.05. The minimum atomic E-state index is -0.0522. The lowest BCUT2D eigenvalue weighted by Crippen LogP contribution is -2.62. The third-order valence-corrected chi connectivity index (χ3v) is 11.7. The van der Waals surface area contributed by atoms with Crippen LogP contribution in [0.5, 0.6) is 0 Å². The summed E-state index contributed by atoms with van der Waals surface area (Å²) < 4.78 is 0. The normalized spacial score (nSPS) is 50.2. The molecule has 1 N–H and O–H groups in total. The van der Waals surface area contributed by atoms with Crippen LogP contribution in [0.15, 0.2) is 0 Å². The zero-order valence-corrected chi connectivity index (χ0v) is 20.4. The highest BCUT2D eigenvalue weighted by atomic mass is 16.3. The first-order valence-electron chi connectivity index (χ1n) is 12.9. The summed E-state index contributed by atoms with van der Waals surface area (Å²) in [6.07, 6.45) is 13.6. The van der Waals surface area contributed by atoms with Gasteiger partial charge in [-0.2, -0.15) is 0 Å². The molecule has 0 radical (unpaired) electrons. The number of hydrogen-bond acceptors (Lipinski definition) is 1. The fourth-order valence-electron chi connectivity index (χ4n) is 9.76. The monoisotopic (exact) mass is 406 g/mol. The van der Waals surface area contributed by atoms with Crippen LogP contribution in [0, 0.1) is 45.3 Å². The topological polar surface area (TPSA) is 20.2 Å². The molecule has 0 aliphatic heterocycles. The van der Waals surface area contributed by atoms with Crippen molar-refractivity contribution < 1.29 is 5.11 Å². The predicted molar refractivity (Wildman–Crippen MR) is 128 cm³/mol. The van der Waals surface area contributed by atoms with Crippen molar-refractivity contribution in [3.63, 3.8) is 0 Å². The van der Waals surface area contributed by atoms with Gasteiger partial charge in [-0.15, -0.1) is 0 Å². The number of rotatable bonds is 2. The lowest BCUT2D eigenvalue weighted by molar-refractivity contribution is -0.207. The molecule has 172 valence electrons. The number of aliphatic hydroxyl groups is 1. The Morgan fingerprint density at radius 1 is 0.759 bits per heavy atom. The first-order valence-corrected chi connectivity index (χ1v) is 12.9. The molecule has 0 spiro atoms. The predicted octanol–water partition coefficient (Wildman–Crippen LogP) is 8.49. The van der Waals surface area contributed by atoms with Crippen molar-refractivity contribution in [3.8, 4) is 0 Å². The number of fused-ring (bicyclic) bond motifs is 5. The van der Waals surface area contributed by atoms with Crippen molar-refractivity contribution in [3.05, 3.63) is 0 Å². The molecule has 8 atom stereocenters. The molecule has 0 aromatic rings. The molecule has 4 rings (SSSR count). The lowest BCUT2D eigenvalue weighted by atomic mass is 9.36. The maximum atomic E-state index is 10.5. The van der Waals surface area contributed by atoms with Crippen molar-refractivity contribution in [1.82, 2.24) is 0 Å². The molecule has 0 aromatic heterocycles. The summed E-state index contributed by atoms with van der Waals surface area (Å²) in [5, 5.41) is 10.5. The molecule has 3 unspecified atom stereocenters. The SMILES string of the molecule is C.CC.CCC1(CC)CC[C@]2(C)[C@@H]1CCC1C2(C)CCC2[C@@H](C)[C@@H](O)CC[C@@]21C. The zero-order valence-electron chi connectivity index (χ0n) is 20.4. The first kappa shape index (κ1) is 25.2. The van der Waals surface area contributed by atoms with E-state index in [4.69, 9.17) is 0 Å². The minimum absolute atomic E-state index is 0. The second-order valence-electron chi connectivity index (χ2n) is 11.7. The zero-order chi connectivity index (χ0) is 21.0. The summed E-state index contributed by atoms with van der Waals surface area (Å²) in [6, 6.07) is 0. The van der Waals surface area contributed by atoms with Gasteiger partial charge in [0.1, 0.15) is 0 Å². The summed E-state index contributed by atoms with van der Waals surface area (Å²) in [5.41, 5.74) is 2.13. The van der Waals surface area contributed by atoms with Crippen LogP contribution in [0.4, 0.5) is 0 Å². The van der Waals surface area contributed by atoms with E-state index in [2.05, 4.69) is 41.5 Å². The molecule has 29 heavy (non-hydrogen) atoms. The van der Waals surface area contributed by atoms with Crippen molar-refractivity contribution in [2.75, 3.05) is 0 Å². The maximum Gasteiger partial charge on any atom is 0.0568 e. The van der Waals surface area contributed by atoms with Gasteiger partial charge in [0.2, 0.25) is 0 Å². The van der Waals surface area contributed by atoms with E-state index >= 15 is 0 Å². The lowest BCUT2D eigenvalue weighted by Gasteiger charge is -2.68. The Hall–Kier alpha value is -0.0400. The van der Waals surface area contributed by atoms with E-state index in [1.807, 2.05) is 13.8 Å². The molecule has 1 heteroatoms. The highest BCUT2D eigenvalue weighted by Crippen LogP contribution is 2.76. The van der Waals surface area contributed by atoms with Gasteiger partial charge in [-0.25, -0.2) is 0 Å². The maximum absolute atomic E-state index is 10.5. The van der Waals surface area contributed by atoms with Crippen LogP contribution in [0.2, 0.25) is 0 Å². The molecule has 1 nitrogen and oxygen atoms in total. The van der Waals surface area contributed by atoms with Gasteiger partial charge >= 0.3 is 0 Å². The molecule has 4 fully saturated rings. The van der Waals surface area contributed by atoms with Crippen molar-refractivity contribution in [2.24, 2.45) is 45.3 Å². The molecule has 0 bridgehead atoms. The Morgan fingerprint density at radius 2 is 1.31 bits per heavy atom. The second-order valence-corrected chi connectivity index (χ2v) is 11.7. The Labute approximate surface area is 183 Å². The number of hydrogen-bond donors (Lipinski definition) is 1. The molecule has 0 heterocycles. The summed E-state index contributed by atoms with van der Waals surface area (Å²) in [4.78, 5) is 0. The van der Waals surface area contributed by atoms with E-state index in [0.29, 0.717) is 27.6 Å². The van der Waals surface area contributed by atoms with E-state index < -0.39 is 0 Å². The van der Waals surface area contributed by atoms with Crippen LogP contribution in [0.25, 0.3) is 0 Å². The van der Waals surface area contributed by atoms with Crippen LogP contribution >= 0.6 is 0 Å². The Kier molecular flexibility index (Phi) is 7.37. The Morgan fingerprint density at radius 3 is 1.90 bits per heavy atom. The summed E-state index contributed by atoms with van der Waals surface area (Å²) >= 11 is 0. The van der Waals surface area contributed by atoms with E-state index in [1.54, 1.807) is 0 Å². The molecule has 0 aromatic carbocycles. The largest absolute Gasteiger partial charge is 0.393 e. The standard InChI is InChI=1S/C25H44O.C2H6.CH4/c1-7-25(8-2)16-15-24(6)21(25)10-9-20-22(4)13-12-19(26)17(3)18(22)11-14-23(20,24)5;1-2;/h17-21,26H,7-16H2,1-6H3;1-2H3;1H4/t17-,18?,19+,20?,21+,22+,23?,24-;;/m1../s1. The van der Waals surface area contributed by atoms with Crippen LogP contribution in [0.1, 0.15) is 127 Å². The van der Waals surface area contributed by atoms with Gasteiger partial charge in [0.15, 0.2) is 0 Å². The van der Waals surface area contributed by atoms with Crippen LogP contribution in [-0.2, 0) is 0 Å². The van der Waals surface area contributed by atoms with Crippen molar-refractivity contribution >= 4 is 0 Å². The van der Waals surface area contributed by atoms with Crippen molar-refractivity contribution in [2.45, 2.75) is 133 Å². The molecular weight excluding hydrogens is 352 g/mol. The van der Waals surface area contributed by atoms with E-state index in [1.165, 1.54) is 57.8 Å². The van der Waals surface area contributed by atoms with Gasteiger partial charge < -0.3 is 5.11 Å². The van der Waals surface area contributed by atoms with Crippen molar-refractivity contribution in [1.29, 1.82) is 0 Å². The van der Waals surface area contributed by atoms with Gasteiger partial charge in [-0.3, -0.25) is 0 Å². The smallest absolute Gasteiger partial charge is 0.0568 e. The van der Waals surface area contributed by atoms with Crippen LogP contribution in [-0.4, -0.2) is 11.2 Å². The first-order chi connectivity index (χ1) is 13.2. The third kappa shape index (κ3) is 3.18. The minimum Gasteiger partial charge on any atom is -0.393 e. The molecule has 0 saturated heterocycles.